The zero-order valence-corrected chi connectivity index (χ0v) is 12.3. The molecule has 0 aliphatic carbocycles. The van der Waals surface area contributed by atoms with E-state index in [0.29, 0.717) is 13.1 Å². The van der Waals surface area contributed by atoms with Crippen LogP contribution < -0.4 is 5.32 Å². The van der Waals surface area contributed by atoms with E-state index in [1.165, 1.54) is 7.11 Å². The molecule has 5 nitrogen and oxygen atoms in total. The van der Waals surface area contributed by atoms with Gasteiger partial charge in [0.2, 0.25) is 5.91 Å². The summed E-state index contributed by atoms with van der Waals surface area (Å²) in [6.07, 6.45) is 0. The monoisotopic (exact) mass is 258 g/mol. The molecule has 0 spiro atoms. The Morgan fingerprint density at radius 1 is 1.17 bits per heavy atom. The van der Waals surface area contributed by atoms with Crippen molar-refractivity contribution in [2.75, 3.05) is 20.2 Å². The molecule has 0 aromatic carbocycles. The largest absolute Gasteiger partial charge is 0.469 e. The molecular formula is C13H26N2O3. The Morgan fingerprint density at radius 2 is 1.67 bits per heavy atom. The zero-order chi connectivity index (χ0) is 14.3. The second kappa shape index (κ2) is 8.08. The summed E-state index contributed by atoms with van der Waals surface area (Å²) in [5.74, 6) is -0.483. The maximum absolute atomic E-state index is 12.1. The minimum atomic E-state index is -0.299. The van der Waals surface area contributed by atoms with Crippen molar-refractivity contribution in [3.8, 4) is 0 Å². The quantitative estimate of drug-likeness (QED) is 0.693. The predicted octanol–water partition coefficient (Wildman–Crippen LogP) is 1.03. The van der Waals surface area contributed by atoms with Crippen molar-refractivity contribution in [2.24, 2.45) is 5.92 Å². The number of amides is 1. The van der Waals surface area contributed by atoms with Crippen molar-refractivity contribution in [1.82, 2.24) is 10.2 Å². The highest BCUT2D eigenvalue weighted by Crippen LogP contribution is 2.06. The van der Waals surface area contributed by atoms with Gasteiger partial charge in [0.25, 0.3) is 0 Å². The summed E-state index contributed by atoms with van der Waals surface area (Å²) in [5.41, 5.74) is 0. The van der Waals surface area contributed by atoms with E-state index in [1.54, 1.807) is 11.8 Å². The highest BCUT2D eigenvalue weighted by molar-refractivity contribution is 5.81. The highest BCUT2D eigenvalue weighted by Gasteiger charge is 2.25. The van der Waals surface area contributed by atoms with Crippen molar-refractivity contribution in [3.05, 3.63) is 0 Å². The van der Waals surface area contributed by atoms with Gasteiger partial charge in [-0.1, -0.05) is 6.92 Å². The normalized spacial score (nSPS) is 15.7. The Bertz CT molecular complexity index is 277. The van der Waals surface area contributed by atoms with Crippen LogP contribution in [-0.4, -0.2) is 49.1 Å². The number of carbonyl (C=O) groups excluding carboxylic acids is 2. The topological polar surface area (TPSA) is 58.6 Å². The number of hydrogen-bond acceptors (Lipinski definition) is 4. The molecule has 5 heteroatoms. The number of nitrogens with zero attached hydrogens (tertiary/aromatic N) is 1. The summed E-state index contributed by atoms with van der Waals surface area (Å²) >= 11 is 0. The molecule has 0 rings (SSSR count). The fourth-order valence-electron chi connectivity index (χ4n) is 1.81. The van der Waals surface area contributed by atoms with Crippen molar-refractivity contribution in [3.63, 3.8) is 0 Å². The second-order valence-corrected chi connectivity index (χ2v) is 4.50. The first-order valence-electron chi connectivity index (χ1n) is 6.51. The van der Waals surface area contributed by atoms with E-state index < -0.39 is 0 Å². The van der Waals surface area contributed by atoms with Crippen LogP contribution in [0.2, 0.25) is 0 Å². The average Bonchev–Trinajstić information content (AvgIpc) is 2.37. The standard InChI is InChI=1S/C13H26N2O3/c1-7-15(8-2)12(16)11(5)14-10(4)9(3)13(17)18-6/h9-11,14H,7-8H2,1-6H3. The Kier molecular flexibility index (Phi) is 7.59. The van der Waals surface area contributed by atoms with Crippen LogP contribution in [0.5, 0.6) is 0 Å². The summed E-state index contributed by atoms with van der Waals surface area (Å²) in [7, 11) is 1.37. The van der Waals surface area contributed by atoms with Gasteiger partial charge in [-0.3, -0.25) is 9.59 Å². The van der Waals surface area contributed by atoms with E-state index in [-0.39, 0.29) is 29.9 Å². The number of hydrogen-bond donors (Lipinski definition) is 1. The Labute approximate surface area is 110 Å². The lowest BCUT2D eigenvalue weighted by Crippen LogP contribution is -2.50. The molecule has 0 aliphatic heterocycles. The maximum atomic E-state index is 12.1. The summed E-state index contributed by atoms with van der Waals surface area (Å²) in [6, 6.07) is -0.404. The van der Waals surface area contributed by atoms with Crippen LogP contribution in [0.1, 0.15) is 34.6 Å². The number of likely N-dealkylation sites (N-methyl/N-ethyl adjacent to an activating group) is 1. The minimum absolute atomic E-state index is 0.0592. The summed E-state index contributed by atoms with van der Waals surface area (Å²) in [5, 5.41) is 3.15. The molecule has 0 aromatic heterocycles. The molecule has 0 saturated carbocycles. The first kappa shape index (κ1) is 16.9. The molecule has 0 radical (unpaired) electrons. The second-order valence-electron chi connectivity index (χ2n) is 4.50. The Morgan fingerprint density at radius 3 is 2.06 bits per heavy atom. The third-order valence-electron chi connectivity index (χ3n) is 3.28. The van der Waals surface area contributed by atoms with Gasteiger partial charge in [0.05, 0.1) is 19.1 Å². The summed E-state index contributed by atoms with van der Waals surface area (Å²) in [4.78, 5) is 25.2. The van der Waals surface area contributed by atoms with E-state index >= 15 is 0 Å². The average molecular weight is 258 g/mol. The van der Waals surface area contributed by atoms with Gasteiger partial charge in [0, 0.05) is 19.1 Å². The molecule has 1 amide bonds. The van der Waals surface area contributed by atoms with Crippen LogP contribution in [0.3, 0.4) is 0 Å². The minimum Gasteiger partial charge on any atom is -0.469 e. The van der Waals surface area contributed by atoms with Crippen LogP contribution in [0.15, 0.2) is 0 Å². The van der Waals surface area contributed by atoms with Gasteiger partial charge in [-0.2, -0.15) is 0 Å². The van der Waals surface area contributed by atoms with Gasteiger partial charge in [-0.25, -0.2) is 0 Å². The Balaban J connectivity index is 4.42. The number of rotatable bonds is 7. The highest BCUT2D eigenvalue weighted by atomic mass is 16.5. The van der Waals surface area contributed by atoms with Gasteiger partial charge in [-0.05, 0) is 27.7 Å². The van der Waals surface area contributed by atoms with E-state index in [0.717, 1.165) is 0 Å². The number of carbonyl (C=O) groups is 2. The lowest BCUT2D eigenvalue weighted by atomic mass is 10.0. The molecule has 106 valence electrons. The number of methoxy groups -OCH3 is 1. The van der Waals surface area contributed by atoms with E-state index in [1.807, 2.05) is 27.7 Å². The molecule has 0 bridgehead atoms. The molecule has 0 heterocycles. The number of ether oxygens (including phenoxy) is 1. The Hall–Kier alpha value is -1.10. The molecule has 0 fully saturated rings. The maximum Gasteiger partial charge on any atom is 0.309 e. The van der Waals surface area contributed by atoms with E-state index in [9.17, 15) is 9.59 Å². The fraction of sp³-hybridized carbons (Fsp3) is 0.846. The molecule has 0 aromatic rings. The van der Waals surface area contributed by atoms with Gasteiger partial charge < -0.3 is 15.0 Å². The molecular weight excluding hydrogens is 232 g/mol. The summed E-state index contributed by atoms with van der Waals surface area (Å²) in [6.45, 7) is 10.8. The van der Waals surface area contributed by atoms with Crippen molar-refractivity contribution < 1.29 is 14.3 Å². The van der Waals surface area contributed by atoms with Crippen molar-refractivity contribution in [2.45, 2.75) is 46.7 Å². The molecule has 18 heavy (non-hydrogen) atoms. The third kappa shape index (κ3) is 4.64. The first-order chi connectivity index (χ1) is 8.38. The van der Waals surface area contributed by atoms with Gasteiger partial charge in [0.1, 0.15) is 0 Å². The van der Waals surface area contributed by atoms with Gasteiger partial charge >= 0.3 is 5.97 Å². The smallest absolute Gasteiger partial charge is 0.309 e. The number of nitrogens with one attached hydrogen (secondary N) is 1. The molecule has 3 unspecified atom stereocenters. The SMILES string of the molecule is CCN(CC)C(=O)C(C)NC(C)C(C)C(=O)OC. The molecule has 1 N–H and O–H groups in total. The molecule has 0 aliphatic rings. The van der Waals surface area contributed by atoms with Gasteiger partial charge in [0.15, 0.2) is 0 Å². The lowest BCUT2D eigenvalue weighted by Gasteiger charge is -2.27. The molecule has 0 saturated heterocycles. The zero-order valence-electron chi connectivity index (χ0n) is 12.3. The van der Waals surface area contributed by atoms with Crippen LogP contribution in [0, 0.1) is 5.92 Å². The lowest BCUT2D eigenvalue weighted by molar-refractivity contribution is -0.146. The fourth-order valence-corrected chi connectivity index (χ4v) is 1.81. The van der Waals surface area contributed by atoms with Crippen LogP contribution in [0.4, 0.5) is 0 Å². The van der Waals surface area contributed by atoms with E-state index in [4.69, 9.17) is 4.74 Å². The summed E-state index contributed by atoms with van der Waals surface area (Å²) < 4.78 is 4.69. The van der Waals surface area contributed by atoms with Crippen LogP contribution >= 0.6 is 0 Å². The van der Waals surface area contributed by atoms with Crippen LogP contribution in [-0.2, 0) is 14.3 Å². The first-order valence-corrected chi connectivity index (χ1v) is 6.51. The van der Waals surface area contributed by atoms with Crippen molar-refractivity contribution >= 4 is 11.9 Å². The van der Waals surface area contributed by atoms with Crippen LogP contribution in [0.25, 0.3) is 0 Å². The van der Waals surface area contributed by atoms with Gasteiger partial charge in [-0.15, -0.1) is 0 Å². The predicted molar refractivity (Wildman–Crippen MR) is 71.2 cm³/mol. The van der Waals surface area contributed by atoms with Crippen molar-refractivity contribution in [1.29, 1.82) is 0 Å². The number of esters is 1. The molecule has 3 atom stereocenters. The van der Waals surface area contributed by atoms with E-state index in [2.05, 4.69) is 5.32 Å². The third-order valence-corrected chi connectivity index (χ3v) is 3.28.